The predicted molar refractivity (Wildman–Crippen MR) is 101 cm³/mol. The smallest absolute Gasteiger partial charge is 0.451 e. The minimum atomic E-state index is -4.68. The first-order valence-corrected chi connectivity index (χ1v) is 9.56. The third-order valence-corrected chi connectivity index (χ3v) is 5.98. The molecule has 4 rings (SSSR count). The van der Waals surface area contributed by atoms with Gasteiger partial charge >= 0.3 is 6.18 Å². The molecular formula is C18H12F3N3O2S2. The minimum absolute atomic E-state index is 0.114. The highest BCUT2D eigenvalue weighted by Crippen LogP contribution is 2.41. The first-order valence-electron chi connectivity index (χ1n) is 7.93. The second-order valence-corrected chi connectivity index (χ2v) is 7.89. The number of thiazole rings is 1. The van der Waals surface area contributed by atoms with Gasteiger partial charge in [0.05, 0.1) is 30.0 Å². The highest BCUT2D eigenvalue weighted by atomic mass is 32.2. The number of rotatable bonds is 4. The summed E-state index contributed by atoms with van der Waals surface area (Å²) in [6.07, 6.45) is -4.68. The van der Waals surface area contributed by atoms with Crippen molar-refractivity contribution in [3.05, 3.63) is 42.2 Å². The van der Waals surface area contributed by atoms with Gasteiger partial charge in [0.15, 0.2) is 15.8 Å². The van der Waals surface area contributed by atoms with Gasteiger partial charge in [-0.05, 0) is 30.0 Å². The highest BCUT2D eigenvalue weighted by Gasteiger charge is 2.36. The van der Waals surface area contributed by atoms with Crippen LogP contribution in [0.5, 0.6) is 11.5 Å². The molecule has 4 aromatic rings. The van der Waals surface area contributed by atoms with Gasteiger partial charge in [0.25, 0.3) is 0 Å². The van der Waals surface area contributed by atoms with Crippen molar-refractivity contribution in [2.45, 2.75) is 15.5 Å². The molecule has 144 valence electrons. The number of nitrogens with zero attached hydrogens (tertiary/aromatic N) is 3. The van der Waals surface area contributed by atoms with Gasteiger partial charge in [0, 0.05) is 11.5 Å². The molecule has 2 aromatic heterocycles. The summed E-state index contributed by atoms with van der Waals surface area (Å²) in [6, 6.07) is 10.5. The molecule has 0 aliphatic heterocycles. The van der Waals surface area contributed by atoms with Crippen LogP contribution in [-0.4, -0.2) is 29.2 Å². The fourth-order valence-corrected chi connectivity index (χ4v) is 4.69. The molecule has 0 unspecified atom stereocenters. The van der Waals surface area contributed by atoms with Crippen LogP contribution in [0, 0.1) is 0 Å². The number of alkyl halides is 3. The molecule has 0 aliphatic carbocycles. The first-order chi connectivity index (χ1) is 13.4. The molecule has 0 N–H and O–H groups in total. The fraction of sp³-hybridized carbons (Fsp3) is 0.167. The number of fused-ring (bicyclic) bond motifs is 2. The lowest BCUT2D eigenvalue weighted by Gasteiger charge is -2.13. The van der Waals surface area contributed by atoms with E-state index in [4.69, 9.17) is 9.47 Å². The van der Waals surface area contributed by atoms with Crippen LogP contribution >= 0.6 is 23.1 Å². The molecule has 10 heteroatoms. The van der Waals surface area contributed by atoms with E-state index in [0.717, 1.165) is 22.0 Å². The Bertz CT molecular complexity index is 1150. The van der Waals surface area contributed by atoms with Gasteiger partial charge in [0.1, 0.15) is 5.03 Å². The van der Waals surface area contributed by atoms with Crippen LogP contribution in [0.25, 0.3) is 21.1 Å². The second kappa shape index (κ2) is 7.10. The largest absolute Gasteiger partial charge is 0.493 e. The number of hydrogen-bond acceptors (Lipinski definition) is 7. The molecule has 0 fully saturated rings. The van der Waals surface area contributed by atoms with Gasteiger partial charge in [-0.1, -0.05) is 12.1 Å². The van der Waals surface area contributed by atoms with Crippen LogP contribution in [-0.2, 0) is 6.18 Å². The molecule has 0 saturated heterocycles. The molecule has 2 aromatic carbocycles. The zero-order valence-electron chi connectivity index (χ0n) is 14.6. The zero-order valence-corrected chi connectivity index (χ0v) is 16.2. The summed E-state index contributed by atoms with van der Waals surface area (Å²) in [6.45, 7) is 0. The van der Waals surface area contributed by atoms with Crippen LogP contribution in [0.4, 0.5) is 13.2 Å². The summed E-state index contributed by atoms with van der Waals surface area (Å²) in [5.74, 6) is -0.543. The Balaban J connectivity index is 1.90. The SMILES string of the molecule is COc1cc2nc(C(F)(F)F)nc(Sc3nc4ccccc4s3)c2cc1OC. The Morgan fingerprint density at radius 2 is 1.64 bits per heavy atom. The summed E-state index contributed by atoms with van der Waals surface area (Å²) in [7, 11) is 2.86. The topological polar surface area (TPSA) is 57.1 Å². The summed E-state index contributed by atoms with van der Waals surface area (Å²) in [4.78, 5) is 11.9. The van der Waals surface area contributed by atoms with E-state index >= 15 is 0 Å². The van der Waals surface area contributed by atoms with E-state index in [1.165, 1.54) is 31.6 Å². The Labute approximate surface area is 165 Å². The van der Waals surface area contributed by atoms with Gasteiger partial charge < -0.3 is 9.47 Å². The summed E-state index contributed by atoms with van der Waals surface area (Å²) in [5.41, 5.74) is 0.896. The third-order valence-electron chi connectivity index (χ3n) is 3.88. The summed E-state index contributed by atoms with van der Waals surface area (Å²) in [5, 5.41) is 0.576. The lowest BCUT2D eigenvalue weighted by Crippen LogP contribution is -2.12. The van der Waals surface area contributed by atoms with E-state index in [-0.39, 0.29) is 16.3 Å². The molecule has 5 nitrogen and oxygen atoms in total. The quantitative estimate of drug-likeness (QED) is 0.408. The highest BCUT2D eigenvalue weighted by molar-refractivity contribution is 8.01. The fourth-order valence-electron chi connectivity index (χ4n) is 2.61. The number of benzene rings is 2. The van der Waals surface area contributed by atoms with Crippen molar-refractivity contribution >= 4 is 44.2 Å². The summed E-state index contributed by atoms with van der Waals surface area (Å²) < 4.78 is 52.0. The lowest BCUT2D eigenvalue weighted by atomic mass is 10.2. The van der Waals surface area contributed by atoms with Gasteiger partial charge in [-0.15, -0.1) is 11.3 Å². The predicted octanol–water partition coefficient (Wildman–Crippen LogP) is 5.43. The maximum atomic E-state index is 13.3. The van der Waals surface area contributed by atoms with Crippen molar-refractivity contribution in [3.8, 4) is 11.5 Å². The normalized spacial score (nSPS) is 11.9. The van der Waals surface area contributed by atoms with Crippen molar-refractivity contribution in [3.63, 3.8) is 0 Å². The monoisotopic (exact) mass is 423 g/mol. The molecule has 0 aliphatic rings. The lowest BCUT2D eigenvalue weighted by molar-refractivity contribution is -0.145. The molecule has 0 saturated carbocycles. The van der Waals surface area contributed by atoms with Crippen LogP contribution in [0.1, 0.15) is 5.82 Å². The average molecular weight is 423 g/mol. The Morgan fingerprint density at radius 1 is 0.929 bits per heavy atom. The molecule has 2 heterocycles. The van der Waals surface area contributed by atoms with E-state index in [2.05, 4.69) is 15.0 Å². The first kappa shape index (κ1) is 18.8. The minimum Gasteiger partial charge on any atom is -0.493 e. The average Bonchev–Trinajstić information content (AvgIpc) is 3.08. The van der Waals surface area contributed by atoms with Crippen LogP contribution < -0.4 is 9.47 Å². The molecule has 0 atom stereocenters. The van der Waals surface area contributed by atoms with Gasteiger partial charge in [-0.3, -0.25) is 0 Å². The Morgan fingerprint density at radius 3 is 2.32 bits per heavy atom. The standard InChI is InChI=1S/C18H12F3N3O2S2/c1-25-12-7-9-11(8-13(12)26-2)22-16(18(19,20)21)24-15(9)28-17-23-10-5-3-4-6-14(10)27-17/h3-8H,1-2H3. The number of aromatic nitrogens is 3. The van der Waals surface area contributed by atoms with Crippen molar-refractivity contribution < 1.29 is 22.6 Å². The molecule has 28 heavy (non-hydrogen) atoms. The zero-order chi connectivity index (χ0) is 19.9. The number of para-hydroxylation sites is 1. The molecule has 0 spiro atoms. The van der Waals surface area contributed by atoms with E-state index < -0.39 is 12.0 Å². The van der Waals surface area contributed by atoms with Gasteiger partial charge in [0.2, 0.25) is 5.82 Å². The molecule has 0 radical (unpaired) electrons. The number of ether oxygens (including phenoxy) is 2. The van der Waals surface area contributed by atoms with Gasteiger partial charge in [-0.2, -0.15) is 13.2 Å². The van der Waals surface area contributed by atoms with Crippen LogP contribution in [0.15, 0.2) is 45.8 Å². The molecule has 0 bridgehead atoms. The van der Waals surface area contributed by atoms with Crippen molar-refractivity contribution in [2.24, 2.45) is 0 Å². The number of hydrogen-bond donors (Lipinski definition) is 0. The molecule has 0 amide bonds. The second-order valence-electron chi connectivity index (χ2n) is 5.62. The Hall–Kier alpha value is -2.59. The van der Waals surface area contributed by atoms with E-state index in [1.807, 2.05) is 24.3 Å². The van der Waals surface area contributed by atoms with Crippen LogP contribution in [0.3, 0.4) is 0 Å². The third kappa shape index (κ3) is 3.45. The van der Waals surface area contributed by atoms with Crippen molar-refractivity contribution in [2.75, 3.05) is 14.2 Å². The van der Waals surface area contributed by atoms with Gasteiger partial charge in [-0.25, -0.2) is 15.0 Å². The maximum Gasteiger partial charge on any atom is 0.451 e. The van der Waals surface area contributed by atoms with E-state index in [9.17, 15) is 13.2 Å². The summed E-state index contributed by atoms with van der Waals surface area (Å²) >= 11 is 2.45. The number of methoxy groups -OCH3 is 2. The maximum absolute atomic E-state index is 13.3. The van der Waals surface area contributed by atoms with Crippen molar-refractivity contribution in [1.29, 1.82) is 0 Å². The Kier molecular flexibility index (Phi) is 4.76. The molecular weight excluding hydrogens is 411 g/mol. The van der Waals surface area contributed by atoms with Crippen molar-refractivity contribution in [1.82, 2.24) is 15.0 Å². The van der Waals surface area contributed by atoms with E-state index in [1.54, 1.807) is 6.07 Å². The number of halogens is 3. The van der Waals surface area contributed by atoms with E-state index in [0.29, 0.717) is 15.5 Å². The van der Waals surface area contributed by atoms with Crippen LogP contribution in [0.2, 0.25) is 0 Å².